The third-order valence-corrected chi connectivity index (χ3v) is 8.65. The van der Waals surface area contributed by atoms with Crippen LogP contribution in [0.2, 0.25) is 0 Å². The first-order valence-corrected chi connectivity index (χ1v) is 16.0. The smallest absolute Gasteiger partial charge is 0.323 e. The lowest BCUT2D eigenvalue weighted by Gasteiger charge is -2.23. The lowest BCUT2D eigenvalue weighted by Crippen LogP contribution is -2.34. The molecule has 5 atom stereocenters. The van der Waals surface area contributed by atoms with Crippen molar-refractivity contribution in [2.24, 2.45) is 5.41 Å². The van der Waals surface area contributed by atoms with Gasteiger partial charge in [0.25, 0.3) is 8.53 Å². The summed E-state index contributed by atoms with van der Waals surface area (Å²) in [6, 6.07) is -0.674. The van der Waals surface area contributed by atoms with Crippen LogP contribution >= 0.6 is 31.9 Å². The number of nitrogens with two attached hydrogens (primary N) is 1. The molecule has 0 bridgehead atoms. The summed E-state index contributed by atoms with van der Waals surface area (Å²) in [5.74, 6) is 0.362. The lowest BCUT2D eigenvalue weighted by molar-refractivity contribution is -0.149. The molecule has 0 aromatic carbocycles. The zero-order valence-electron chi connectivity index (χ0n) is 24.5. The molecule has 13 nitrogen and oxygen atoms in total. The SMILES string of the molecule is CCOc1nc(N)nc2c1ncn2C1OC(COP(NC(C)C(=O)OC(C)C)OCCSC(=O)C(C)(C)C)CC1Cl. The van der Waals surface area contributed by atoms with Gasteiger partial charge in [-0.15, -0.1) is 11.6 Å². The fraction of sp³-hybridized carbons (Fsp3) is 0.720. The number of esters is 1. The van der Waals surface area contributed by atoms with Crippen LogP contribution in [0.4, 0.5) is 5.95 Å². The van der Waals surface area contributed by atoms with Gasteiger partial charge in [0.15, 0.2) is 22.5 Å². The monoisotopic (exact) mass is 634 g/mol. The molecule has 0 radical (unpaired) electrons. The Bertz CT molecular complexity index is 1180. The number of aromatic nitrogens is 4. The van der Waals surface area contributed by atoms with Gasteiger partial charge < -0.3 is 29.0 Å². The fourth-order valence-corrected chi connectivity index (χ4v) is 6.15. The highest BCUT2D eigenvalue weighted by atomic mass is 35.5. The topological polar surface area (TPSA) is 162 Å². The van der Waals surface area contributed by atoms with E-state index in [0.717, 1.165) is 0 Å². The van der Waals surface area contributed by atoms with Crippen LogP contribution < -0.4 is 15.6 Å². The van der Waals surface area contributed by atoms with Gasteiger partial charge in [0.05, 0.1) is 43.7 Å². The minimum Gasteiger partial charge on any atom is -0.476 e. The molecular weight excluding hydrogens is 595 g/mol. The highest BCUT2D eigenvalue weighted by Gasteiger charge is 2.37. The van der Waals surface area contributed by atoms with Crippen LogP contribution in [-0.2, 0) is 28.1 Å². The number of nitrogens with zero attached hydrogens (tertiary/aromatic N) is 4. The van der Waals surface area contributed by atoms with E-state index in [9.17, 15) is 9.59 Å². The molecule has 1 aliphatic rings. The van der Waals surface area contributed by atoms with Crippen molar-refractivity contribution in [1.29, 1.82) is 0 Å². The standard InChI is InChI=1S/C25H40ClN6O7PS/c1-8-35-20-18-19(29-24(27)30-20)32(13-28-18)21-17(26)11-16(39-21)12-37-40(31-15(4)22(33)38-14(2)3)36-9-10-41-23(34)25(5,6)7/h13-17,21,31H,8-12H2,1-7H3,(H2,27,29,30). The van der Waals surface area contributed by atoms with E-state index in [1.165, 1.54) is 11.8 Å². The average Bonchev–Trinajstić information content (AvgIpc) is 3.46. The van der Waals surface area contributed by atoms with Gasteiger partial charge in [0.1, 0.15) is 6.04 Å². The molecule has 1 aliphatic heterocycles. The molecule has 3 rings (SSSR count). The molecule has 1 fully saturated rings. The summed E-state index contributed by atoms with van der Waals surface area (Å²) in [7, 11) is -1.72. The van der Waals surface area contributed by atoms with E-state index in [4.69, 9.17) is 40.6 Å². The van der Waals surface area contributed by atoms with E-state index in [0.29, 0.717) is 35.8 Å². The first kappa shape index (κ1) is 33.7. The maximum atomic E-state index is 12.4. The van der Waals surface area contributed by atoms with Crippen molar-refractivity contribution in [2.75, 3.05) is 31.3 Å². The van der Waals surface area contributed by atoms with Crippen LogP contribution in [0, 0.1) is 5.41 Å². The second kappa shape index (κ2) is 15.1. The van der Waals surface area contributed by atoms with E-state index in [1.54, 1.807) is 31.7 Å². The number of imidazole rings is 1. The van der Waals surface area contributed by atoms with Gasteiger partial charge >= 0.3 is 5.97 Å². The second-order valence-corrected chi connectivity index (χ2v) is 13.6. The largest absolute Gasteiger partial charge is 0.476 e. The number of carbonyl (C=O) groups is 2. The van der Waals surface area contributed by atoms with Crippen molar-refractivity contribution >= 4 is 60.1 Å². The highest BCUT2D eigenvalue weighted by Crippen LogP contribution is 2.40. The maximum Gasteiger partial charge on any atom is 0.323 e. The van der Waals surface area contributed by atoms with Crippen LogP contribution in [0.25, 0.3) is 11.2 Å². The number of thioether (sulfide) groups is 1. The second-order valence-electron chi connectivity index (χ2n) is 10.7. The lowest BCUT2D eigenvalue weighted by atomic mass is 10.00. The molecule has 2 aromatic heterocycles. The van der Waals surface area contributed by atoms with E-state index in [2.05, 4.69) is 20.0 Å². The van der Waals surface area contributed by atoms with Crippen molar-refractivity contribution in [3.05, 3.63) is 6.33 Å². The van der Waals surface area contributed by atoms with Crippen molar-refractivity contribution in [1.82, 2.24) is 24.6 Å². The number of fused-ring (bicyclic) bond motifs is 1. The molecule has 16 heteroatoms. The predicted octanol–water partition coefficient (Wildman–Crippen LogP) is 4.20. The Labute approximate surface area is 250 Å². The Kier molecular flexibility index (Phi) is 12.4. The van der Waals surface area contributed by atoms with Gasteiger partial charge in [0, 0.05) is 11.2 Å². The summed E-state index contributed by atoms with van der Waals surface area (Å²) in [4.78, 5) is 37.4. The molecule has 0 aliphatic carbocycles. The summed E-state index contributed by atoms with van der Waals surface area (Å²) < 4.78 is 30.8. The summed E-state index contributed by atoms with van der Waals surface area (Å²) in [5.41, 5.74) is 6.35. The summed E-state index contributed by atoms with van der Waals surface area (Å²) >= 11 is 7.89. The number of nitrogens with one attached hydrogen (secondary N) is 1. The van der Waals surface area contributed by atoms with Crippen LogP contribution in [0.1, 0.15) is 61.1 Å². The van der Waals surface area contributed by atoms with E-state index in [1.807, 2.05) is 27.7 Å². The van der Waals surface area contributed by atoms with Gasteiger partial charge in [-0.1, -0.05) is 32.5 Å². The van der Waals surface area contributed by atoms with Crippen LogP contribution in [0.3, 0.4) is 0 Å². The van der Waals surface area contributed by atoms with Crippen molar-refractivity contribution < 1.29 is 32.8 Å². The van der Waals surface area contributed by atoms with Crippen LogP contribution in [0.15, 0.2) is 6.33 Å². The third-order valence-electron chi connectivity index (χ3n) is 5.61. The van der Waals surface area contributed by atoms with Crippen LogP contribution in [0.5, 0.6) is 5.88 Å². The highest BCUT2D eigenvalue weighted by molar-refractivity contribution is 8.13. The number of rotatable bonds is 14. The van der Waals surface area contributed by atoms with Crippen molar-refractivity contribution in [3.8, 4) is 5.88 Å². The molecule has 0 amide bonds. The number of halogens is 1. The predicted molar refractivity (Wildman–Crippen MR) is 159 cm³/mol. The minimum absolute atomic E-state index is 0.0491. The van der Waals surface area contributed by atoms with Gasteiger partial charge in [-0.25, -0.2) is 10.1 Å². The number of anilines is 1. The molecule has 230 valence electrons. The molecule has 1 saturated heterocycles. The number of ether oxygens (including phenoxy) is 3. The molecular formula is C25H40ClN6O7PS. The summed E-state index contributed by atoms with van der Waals surface area (Å²) in [6.45, 7) is 13.5. The zero-order chi connectivity index (χ0) is 30.3. The Hall–Kier alpha value is -1.80. The van der Waals surface area contributed by atoms with Gasteiger partial charge in [-0.2, -0.15) is 9.97 Å². The number of nitrogen functional groups attached to an aromatic ring is 1. The Morgan fingerprint density at radius 2 is 2.02 bits per heavy atom. The normalized spacial score (nSPS) is 20.9. The summed E-state index contributed by atoms with van der Waals surface area (Å²) in [6.07, 6.45) is 0.832. The number of hydrogen-bond acceptors (Lipinski definition) is 13. The molecule has 2 aromatic rings. The molecule has 3 heterocycles. The Morgan fingerprint density at radius 3 is 2.68 bits per heavy atom. The van der Waals surface area contributed by atoms with Crippen molar-refractivity contribution in [2.45, 2.75) is 84.7 Å². The molecule has 3 N–H and O–H groups in total. The summed E-state index contributed by atoms with van der Waals surface area (Å²) in [5, 5.41) is 2.73. The third kappa shape index (κ3) is 9.60. The number of hydrogen-bond donors (Lipinski definition) is 2. The van der Waals surface area contributed by atoms with Gasteiger partial charge in [0.2, 0.25) is 11.8 Å². The van der Waals surface area contributed by atoms with Crippen molar-refractivity contribution in [3.63, 3.8) is 0 Å². The zero-order valence-corrected chi connectivity index (χ0v) is 26.9. The Morgan fingerprint density at radius 1 is 1.29 bits per heavy atom. The Balaban J connectivity index is 1.64. The van der Waals surface area contributed by atoms with Crippen LogP contribution in [-0.4, -0.2) is 79.8 Å². The number of carbonyl (C=O) groups excluding carboxylic acids is 2. The average molecular weight is 635 g/mol. The van der Waals surface area contributed by atoms with E-state index < -0.39 is 37.6 Å². The quantitative estimate of drug-likeness (QED) is 0.132. The van der Waals surface area contributed by atoms with Gasteiger partial charge in [-0.3, -0.25) is 14.2 Å². The fourth-order valence-electron chi connectivity index (χ4n) is 3.66. The molecule has 41 heavy (non-hydrogen) atoms. The molecule has 5 unspecified atom stereocenters. The molecule has 0 spiro atoms. The van der Waals surface area contributed by atoms with E-state index in [-0.39, 0.29) is 36.5 Å². The first-order chi connectivity index (χ1) is 19.3. The minimum atomic E-state index is -1.72. The number of alkyl halides is 1. The van der Waals surface area contributed by atoms with Gasteiger partial charge in [-0.05, 0) is 34.1 Å². The molecule has 0 saturated carbocycles. The van der Waals surface area contributed by atoms with E-state index >= 15 is 0 Å². The first-order valence-electron chi connectivity index (χ1n) is 13.4. The maximum absolute atomic E-state index is 12.4.